The molecule has 9 rings (SSSR count). The zero-order valence-corrected chi connectivity index (χ0v) is 35.8. The molecule has 0 aliphatic carbocycles. The van der Waals surface area contributed by atoms with Crippen molar-refractivity contribution in [1.82, 2.24) is 5.23 Å². The summed E-state index contributed by atoms with van der Waals surface area (Å²) in [4.78, 5) is 0. The highest BCUT2D eigenvalue weighted by Gasteiger charge is 2.61. The molecule has 16 heteroatoms. The first-order valence-electron chi connectivity index (χ1n) is 20.2. The van der Waals surface area contributed by atoms with E-state index in [0.717, 1.165) is 4.24 Å². The molecule has 0 bridgehead atoms. The first-order chi connectivity index (χ1) is 31.9. The highest BCUT2D eigenvalue weighted by molar-refractivity contribution is 7.98. The summed E-state index contributed by atoms with van der Waals surface area (Å²) in [5.74, 6) is -26.0. The molecule has 330 valence electrons. The summed E-state index contributed by atoms with van der Waals surface area (Å²) in [5, 5.41) is 8.45. The van der Waals surface area contributed by atoms with Gasteiger partial charge in [0.05, 0.1) is 10.9 Å². The Hall–Kier alpha value is -6.88. The first-order valence-corrected chi connectivity index (χ1v) is 23.3. The Morgan fingerprint density at radius 2 is 0.712 bits per heavy atom. The van der Waals surface area contributed by atoms with Crippen molar-refractivity contribution in [1.29, 1.82) is 0 Å². The molecule has 3 nitrogen and oxygen atoms in total. The van der Waals surface area contributed by atoms with Crippen LogP contribution in [0.3, 0.4) is 0 Å². The van der Waals surface area contributed by atoms with E-state index in [-0.39, 0.29) is 17.2 Å². The second-order valence-electron chi connectivity index (χ2n) is 15.1. The SMILES string of the molecule is Fc1c(F)c(F)c([B-]2(c3c(F)c(F)c(F)c(F)c3F)NC(Nc3ccccc3)=C(P(c3ccccc3)c3ccccc3)P(c3ccccc3)(c3ccccc3)=[N+]2c2ccccc2)c(F)c1F. The molecular weight excluding hydrogens is 905 g/mol. The van der Waals surface area contributed by atoms with Crippen LogP contribution in [0, 0.1) is 58.2 Å². The summed E-state index contributed by atoms with van der Waals surface area (Å²) in [7, 11) is -6.45. The smallest absolute Gasteiger partial charge is 0.437 e. The summed E-state index contributed by atoms with van der Waals surface area (Å²) in [6, 6.07) is 49.8. The van der Waals surface area contributed by atoms with E-state index in [1.54, 1.807) is 127 Å². The van der Waals surface area contributed by atoms with Gasteiger partial charge in [0.25, 0.3) is 0 Å². The minimum absolute atomic E-state index is 0.161. The van der Waals surface area contributed by atoms with E-state index >= 15 is 43.9 Å². The molecule has 0 atom stereocenters. The fourth-order valence-corrected chi connectivity index (χ4v) is 18.2. The summed E-state index contributed by atoms with van der Waals surface area (Å²) in [6.07, 6.45) is -4.97. The van der Waals surface area contributed by atoms with Crippen LogP contribution in [0.25, 0.3) is 0 Å². The Labute approximate surface area is 373 Å². The first kappa shape index (κ1) is 44.3. The Balaban J connectivity index is 1.71. The largest absolute Gasteiger partial charge is 0.475 e. The molecule has 1 aliphatic heterocycles. The Kier molecular flexibility index (Phi) is 12.0. The van der Waals surface area contributed by atoms with E-state index in [9.17, 15) is 0 Å². The summed E-state index contributed by atoms with van der Waals surface area (Å²) in [5.41, 5.74) is -3.71. The summed E-state index contributed by atoms with van der Waals surface area (Å²) in [6.45, 7) is 0. The number of nitrogens with zero attached hydrogens (tertiary/aromatic N) is 1. The lowest BCUT2D eigenvalue weighted by molar-refractivity contribution is -0.270. The van der Waals surface area contributed by atoms with Gasteiger partial charge in [0.1, 0.15) is 36.0 Å². The predicted molar refractivity (Wildman–Crippen MR) is 242 cm³/mol. The Morgan fingerprint density at radius 1 is 0.394 bits per heavy atom. The standard InChI is InChI=1S/C50H32BF10N3P2/c52-39-37(40(53)44(57)47(60)43(39)56)51(38-41(54)45(58)48(61)46(59)42(38)55)63-49(62-31-19-7-1-8-20-31)50(65(33-23-11-3-12-24-33)34-25-13-4-14-26-34)66(35-27-15-5-16-28-35,36-29-17-6-18-30-36)64(51)32-21-9-2-10-22-32/h1-30,62-63H. The van der Waals surface area contributed by atoms with Gasteiger partial charge in [0.15, 0.2) is 34.9 Å². The maximum atomic E-state index is 17.4. The summed E-state index contributed by atoms with van der Waals surface area (Å²) < 4.78 is 166. The number of hydrogen-bond acceptors (Lipinski definition) is 2. The van der Waals surface area contributed by atoms with Crippen LogP contribution < -0.4 is 42.7 Å². The van der Waals surface area contributed by atoms with Crippen molar-refractivity contribution in [2.75, 3.05) is 5.32 Å². The number of para-hydroxylation sites is 2. The third kappa shape index (κ3) is 7.02. The fraction of sp³-hybridized carbons (Fsp3) is 0. The van der Waals surface area contributed by atoms with Gasteiger partial charge in [-0.15, -0.1) is 0 Å². The number of nitrogens with one attached hydrogen (secondary N) is 2. The molecule has 66 heavy (non-hydrogen) atoms. The number of benzene rings is 8. The monoisotopic (exact) mass is 937 g/mol. The van der Waals surface area contributed by atoms with Gasteiger partial charge in [-0.2, -0.15) is 0 Å². The maximum Gasteiger partial charge on any atom is 0.437 e. The van der Waals surface area contributed by atoms with E-state index in [4.69, 9.17) is 0 Å². The van der Waals surface area contributed by atoms with Crippen molar-refractivity contribution in [2.45, 2.75) is 0 Å². The quantitative estimate of drug-likeness (QED) is 0.0470. The number of rotatable bonds is 10. The number of halogens is 10. The highest BCUT2D eigenvalue weighted by atomic mass is 31.2. The number of hydrogen-bond donors (Lipinski definition) is 2. The second-order valence-corrected chi connectivity index (χ2v) is 20.8. The van der Waals surface area contributed by atoms with Gasteiger partial charge in [-0.25, -0.2) is 43.9 Å². The van der Waals surface area contributed by atoms with E-state index in [1.807, 2.05) is 24.3 Å². The van der Waals surface area contributed by atoms with E-state index in [1.165, 1.54) is 30.3 Å². The molecule has 0 fully saturated rings. The minimum atomic E-state index is -4.97. The van der Waals surface area contributed by atoms with E-state index in [2.05, 4.69) is 10.5 Å². The molecule has 0 aromatic heterocycles. The van der Waals surface area contributed by atoms with Crippen LogP contribution >= 0.6 is 15.0 Å². The van der Waals surface area contributed by atoms with Crippen molar-refractivity contribution >= 4 is 64.9 Å². The van der Waals surface area contributed by atoms with Crippen molar-refractivity contribution < 1.29 is 48.1 Å². The fourth-order valence-electron chi connectivity index (χ4n) is 8.84. The van der Waals surface area contributed by atoms with Gasteiger partial charge in [-0.05, 0) is 65.9 Å². The minimum Gasteiger partial charge on any atom is -0.475 e. The van der Waals surface area contributed by atoms with E-state index in [0.29, 0.717) is 26.3 Å². The molecule has 8 aromatic carbocycles. The zero-order chi connectivity index (χ0) is 46.3. The second kappa shape index (κ2) is 17.8. The van der Waals surface area contributed by atoms with Gasteiger partial charge < -0.3 is 14.8 Å². The van der Waals surface area contributed by atoms with Gasteiger partial charge in [-0.1, -0.05) is 133 Å². The van der Waals surface area contributed by atoms with Crippen LogP contribution in [-0.2, 0) is 0 Å². The molecule has 2 N–H and O–H groups in total. The van der Waals surface area contributed by atoms with Crippen molar-refractivity contribution in [3.63, 3.8) is 0 Å². The molecule has 0 amide bonds. The van der Waals surface area contributed by atoms with Crippen LogP contribution in [0.15, 0.2) is 193 Å². The average Bonchev–Trinajstić information content (AvgIpc) is 3.36. The lowest BCUT2D eigenvalue weighted by atomic mass is 9.36. The summed E-state index contributed by atoms with van der Waals surface area (Å²) >= 11 is 0. The third-order valence-electron chi connectivity index (χ3n) is 11.5. The molecular formula is C50H32BF10N3P2. The van der Waals surface area contributed by atoms with Crippen molar-refractivity contribution in [2.24, 2.45) is 0 Å². The Bertz CT molecular complexity index is 3000. The molecule has 8 aromatic rings. The van der Waals surface area contributed by atoms with Crippen molar-refractivity contribution in [3.05, 3.63) is 251 Å². The molecule has 0 radical (unpaired) electrons. The lowest BCUT2D eigenvalue weighted by Crippen LogP contribution is -2.79. The molecule has 0 unspecified atom stereocenters. The van der Waals surface area contributed by atoms with Crippen LogP contribution in [-0.4, -0.2) is 10.7 Å². The Morgan fingerprint density at radius 3 is 1.09 bits per heavy atom. The van der Waals surface area contributed by atoms with Gasteiger partial charge in [-0.3, -0.25) is 0 Å². The van der Waals surface area contributed by atoms with Crippen LogP contribution in [0.5, 0.6) is 0 Å². The molecule has 0 saturated heterocycles. The highest BCUT2D eigenvalue weighted by Crippen LogP contribution is 2.70. The topological polar surface area (TPSA) is 27.1 Å². The number of anilines is 1. The lowest BCUT2D eigenvalue weighted by Gasteiger charge is -2.51. The maximum absolute atomic E-state index is 17.4. The molecule has 1 aliphatic rings. The normalized spacial score (nSPS) is 14.3. The van der Waals surface area contributed by atoms with Crippen LogP contribution in [0.1, 0.15) is 0 Å². The van der Waals surface area contributed by atoms with Crippen LogP contribution in [0.4, 0.5) is 55.3 Å². The zero-order valence-electron chi connectivity index (χ0n) is 34.0. The van der Waals surface area contributed by atoms with Gasteiger partial charge >= 0.3 is 6.42 Å². The van der Waals surface area contributed by atoms with Gasteiger partial charge in [0, 0.05) is 28.4 Å². The molecule has 1 heterocycles. The van der Waals surface area contributed by atoms with Gasteiger partial charge in [0.2, 0.25) is 0 Å². The van der Waals surface area contributed by atoms with Crippen LogP contribution in [0.2, 0.25) is 0 Å². The third-order valence-corrected chi connectivity index (χ3v) is 19.4. The predicted octanol–water partition coefficient (Wildman–Crippen LogP) is 10.8. The molecule has 0 spiro atoms. The average molecular weight is 938 g/mol. The van der Waals surface area contributed by atoms with E-state index < -0.39 is 90.5 Å². The molecule has 0 saturated carbocycles. The van der Waals surface area contributed by atoms with Crippen molar-refractivity contribution in [3.8, 4) is 0 Å².